The minimum Gasteiger partial charge on any atom is -0.345 e. The number of rotatable bonds is 3. The first-order valence-corrected chi connectivity index (χ1v) is 5.70. The van der Waals surface area contributed by atoms with Crippen molar-refractivity contribution in [3.05, 3.63) is 60.2 Å². The van der Waals surface area contributed by atoms with Gasteiger partial charge in [-0.3, -0.25) is 9.78 Å². The third-order valence-corrected chi connectivity index (χ3v) is 2.82. The summed E-state index contributed by atoms with van der Waals surface area (Å²) in [5.41, 5.74) is 2.19. The Labute approximate surface area is 104 Å². The van der Waals surface area contributed by atoms with E-state index in [1.165, 1.54) is 0 Å². The number of nitrogens with zero attached hydrogens (tertiary/aromatic N) is 2. The summed E-state index contributed by atoms with van der Waals surface area (Å²) in [4.78, 5) is 23.5. The van der Waals surface area contributed by atoms with E-state index >= 15 is 0 Å². The second kappa shape index (κ2) is 4.41. The summed E-state index contributed by atoms with van der Waals surface area (Å²) in [6.45, 7) is 0. The molecule has 0 radical (unpaired) electrons. The number of carbonyl (C=O) groups is 1. The van der Waals surface area contributed by atoms with Crippen LogP contribution >= 0.6 is 0 Å². The van der Waals surface area contributed by atoms with Gasteiger partial charge in [0.1, 0.15) is 5.65 Å². The zero-order chi connectivity index (χ0) is 12.4. The Hall–Kier alpha value is -2.49. The van der Waals surface area contributed by atoms with Crippen LogP contribution in [0.25, 0.3) is 11.0 Å². The van der Waals surface area contributed by atoms with Crippen LogP contribution in [0.15, 0.2) is 48.9 Å². The first-order valence-electron chi connectivity index (χ1n) is 5.70. The van der Waals surface area contributed by atoms with Gasteiger partial charge in [-0.25, -0.2) is 4.98 Å². The molecule has 3 heterocycles. The van der Waals surface area contributed by atoms with Crippen molar-refractivity contribution in [2.75, 3.05) is 0 Å². The summed E-state index contributed by atoms with van der Waals surface area (Å²) < 4.78 is 0. The van der Waals surface area contributed by atoms with Crippen LogP contribution < -0.4 is 0 Å². The van der Waals surface area contributed by atoms with Crippen LogP contribution in [0, 0.1) is 0 Å². The molecule has 4 heteroatoms. The molecule has 0 saturated heterocycles. The number of hydrogen-bond donors (Lipinski definition) is 1. The van der Waals surface area contributed by atoms with Crippen molar-refractivity contribution < 1.29 is 4.79 Å². The fourth-order valence-electron chi connectivity index (χ4n) is 1.95. The SMILES string of the molecule is O=C(Cc1ccccn1)c1c[nH]c2ncccc12. The molecule has 0 aliphatic carbocycles. The van der Waals surface area contributed by atoms with Gasteiger partial charge in [-0.15, -0.1) is 0 Å². The maximum Gasteiger partial charge on any atom is 0.171 e. The first kappa shape index (κ1) is 10.7. The fourth-order valence-corrected chi connectivity index (χ4v) is 1.95. The Morgan fingerprint density at radius 1 is 1.11 bits per heavy atom. The van der Waals surface area contributed by atoms with E-state index in [4.69, 9.17) is 0 Å². The zero-order valence-electron chi connectivity index (χ0n) is 9.63. The summed E-state index contributed by atoms with van der Waals surface area (Å²) in [5.74, 6) is 0.0490. The van der Waals surface area contributed by atoms with Crippen LogP contribution in [0.5, 0.6) is 0 Å². The van der Waals surface area contributed by atoms with Gasteiger partial charge in [0.2, 0.25) is 0 Å². The van der Waals surface area contributed by atoms with Crippen molar-refractivity contribution in [1.29, 1.82) is 0 Å². The van der Waals surface area contributed by atoms with Crippen molar-refractivity contribution in [3.63, 3.8) is 0 Å². The molecule has 0 amide bonds. The molecule has 3 rings (SSSR count). The van der Waals surface area contributed by atoms with Gasteiger partial charge in [0.25, 0.3) is 0 Å². The fraction of sp³-hybridized carbons (Fsp3) is 0.0714. The summed E-state index contributed by atoms with van der Waals surface area (Å²) in [6, 6.07) is 9.29. The van der Waals surface area contributed by atoms with Crippen LogP contribution in [0.2, 0.25) is 0 Å². The van der Waals surface area contributed by atoms with Crippen LogP contribution in [-0.2, 0) is 6.42 Å². The topological polar surface area (TPSA) is 58.6 Å². The number of aromatic amines is 1. The van der Waals surface area contributed by atoms with E-state index < -0.39 is 0 Å². The number of pyridine rings is 2. The summed E-state index contributed by atoms with van der Waals surface area (Å²) in [6.07, 6.45) is 5.41. The predicted octanol–water partition coefficient (Wildman–Crippen LogP) is 2.38. The lowest BCUT2D eigenvalue weighted by atomic mass is 10.1. The van der Waals surface area contributed by atoms with Crippen molar-refractivity contribution in [2.24, 2.45) is 0 Å². The molecule has 0 fully saturated rings. The molecular weight excluding hydrogens is 226 g/mol. The Morgan fingerprint density at radius 2 is 2.00 bits per heavy atom. The van der Waals surface area contributed by atoms with E-state index in [9.17, 15) is 4.79 Å². The molecule has 88 valence electrons. The standard InChI is InChI=1S/C14H11N3O/c18-13(8-10-4-1-2-6-15-10)12-9-17-14-11(12)5-3-7-16-14/h1-7,9H,8H2,(H,16,17). The van der Waals surface area contributed by atoms with Gasteiger partial charge >= 0.3 is 0 Å². The van der Waals surface area contributed by atoms with Gasteiger partial charge in [0, 0.05) is 35.2 Å². The highest BCUT2D eigenvalue weighted by molar-refractivity contribution is 6.07. The average Bonchev–Trinajstić information content (AvgIpc) is 2.84. The molecule has 1 N–H and O–H groups in total. The summed E-state index contributed by atoms with van der Waals surface area (Å²) in [7, 11) is 0. The Balaban J connectivity index is 1.93. The van der Waals surface area contributed by atoms with Crippen LogP contribution in [0.1, 0.15) is 16.1 Å². The molecule has 0 bridgehead atoms. The normalized spacial score (nSPS) is 10.7. The highest BCUT2D eigenvalue weighted by atomic mass is 16.1. The largest absolute Gasteiger partial charge is 0.345 e. The Morgan fingerprint density at radius 3 is 2.83 bits per heavy atom. The molecule has 18 heavy (non-hydrogen) atoms. The molecule has 0 unspecified atom stereocenters. The maximum absolute atomic E-state index is 12.2. The zero-order valence-corrected chi connectivity index (χ0v) is 9.63. The van der Waals surface area contributed by atoms with E-state index in [0.29, 0.717) is 12.0 Å². The number of ketones is 1. The molecule has 3 aromatic rings. The minimum absolute atomic E-state index is 0.0490. The maximum atomic E-state index is 12.2. The van der Waals surface area contributed by atoms with Crippen LogP contribution in [0.3, 0.4) is 0 Å². The minimum atomic E-state index is 0.0490. The molecule has 0 saturated carbocycles. The van der Waals surface area contributed by atoms with Crippen molar-refractivity contribution in [3.8, 4) is 0 Å². The predicted molar refractivity (Wildman–Crippen MR) is 68.4 cm³/mol. The molecule has 0 spiro atoms. The molecular formula is C14H11N3O. The Kier molecular flexibility index (Phi) is 2.61. The summed E-state index contributed by atoms with van der Waals surface area (Å²) >= 11 is 0. The van der Waals surface area contributed by atoms with E-state index in [1.807, 2.05) is 30.3 Å². The van der Waals surface area contributed by atoms with Crippen molar-refractivity contribution >= 4 is 16.8 Å². The quantitative estimate of drug-likeness (QED) is 0.711. The number of hydrogen-bond acceptors (Lipinski definition) is 3. The second-order valence-corrected chi connectivity index (χ2v) is 4.02. The van der Waals surface area contributed by atoms with Gasteiger partial charge in [-0.2, -0.15) is 0 Å². The first-order chi connectivity index (χ1) is 8.84. The highest BCUT2D eigenvalue weighted by Crippen LogP contribution is 2.17. The lowest BCUT2D eigenvalue weighted by Crippen LogP contribution is -2.04. The van der Waals surface area contributed by atoms with Crippen molar-refractivity contribution in [2.45, 2.75) is 6.42 Å². The molecule has 0 atom stereocenters. The molecule has 4 nitrogen and oxygen atoms in total. The van der Waals surface area contributed by atoms with E-state index in [0.717, 1.165) is 16.7 Å². The van der Waals surface area contributed by atoms with Crippen LogP contribution in [-0.4, -0.2) is 20.7 Å². The van der Waals surface area contributed by atoms with Crippen LogP contribution in [0.4, 0.5) is 0 Å². The van der Waals surface area contributed by atoms with Gasteiger partial charge in [0.15, 0.2) is 5.78 Å². The highest BCUT2D eigenvalue weighted by Gasteiger charge is 2.13. The van der Waals surface area contributed by atoms with Gasteiger partial charge in [0.05, 0.1) is 6.42 Å². The summed E-state index contributed by atoms with van der Waals surface area (Å²) in [5, 5.41) is 0.860. The third-order valence-electron chi connectivity index (χ3n) is 2.82. The molecule has 0 aliphatic heterocycles. The van der Waals surface area contributed by atoms with E-state index in [-0.39, 0.29) is 5.78 Å². The lowest BCUT2D eigenvalue weighted by molar-refractivity contribution is 0.0993. The smallest absolute Gasteiger partial charge is 0.171 e. The van der Waals surface area contributed by atoms with Gasteiger partial charge < -0.3 is 4.98 Å². The lowest BCUT2D eigenvalue weighted by Gasteiger charge is -1.98. The number of aromatic nitrogens is 3. The van der Waals surface area contributed by atoms with Gasteiger partial charge in [-0.1, -0.05) is 6.07 Å². The Bertz CT molecular complexity index is 688. The molecule has 0 aromatic carbocycles. The average molecular weight is 237 g/mol. The number of nitrogens with one attached hydrogen (secondary N) is 1. The van der Waals surface area contributed by atoms with Gasteiger partial charge in [-0.05, 0) is 24.3 Å². The number of H-pyrrole nitrogens is 1. The molecule has 3 aromatic heterocycles. The number of fused-ring (bicyclic) bond motifs is 1. The number of carbonyl (C=O) groups excluding carboxylic acids is 1. The molecule has 0 aliphatic rings. The second-order valence-electron chi connectivity index (χ2n) is 4.02. The monoisotopic (exact) mass is 237 g/mol. The third kappa shape index (κ3) is 1.88. The number of Topliss-reactive ketones (excluding diaryl/α,β-unsaturated/α-hetero) is 1. The van der Waals surface area contributed by atoms with E-state index in [1.54, 1.807) is 18.6 Å². The van der Waals surface area contributed by atoms with E-state index in [2.05, 4.69) is 15.0 Å². The van der Waals surface area contributed by atoms with Crippen molar-refractivity contribution in [1.82, 2.24) is 15.0 Å².